The summed E-state index contributed by atoms with van der Waals surface area (Å²) < 4.78 is 1.93. The van der Waals surface area contributed by atoms with Crippen LogP contribution in [0.25, 0.3) is 33.3 Å². The van der Waals surface area contributed by atoms with Crippen LogP contribution in [0.2, 0.25) is 0 Å². The van der Waals surface area contributed by atoms with Crippen molar-refractivity contribution in [2.45, 2.75) is 6.54 Å². The minimum atomic E-state index is -0.104. The first kappa shape index (κ1) is 20.3. The van der Waals surface area contributed by atoms with E-state index < -0.39 is 0 Å². The van der Waals surface area contributed by atoms with Crippen molar-refractivity contribution in [3.05, 3.63) is 114 Å². The van der Waals surface area contributed by atoms with E-state index in [2.05, 4.69) is 17.5 Å². The molecule has 0 unspecified atom stereocenters. The van der Waals surface area contributed by atoms with E-state index in [1.54, 1.807) is 0 Å². The number of amides is 1. The van der Waals surface area contributed by atoms with E-state index in [9.17, 15) is 10.1 Å². The fourth-order valence-electron chi connectivity index (χ4n) is 4.09. The number of fused-ring (bicyclic) bond motifs is 2. The Morgan fingerprint density at radius 3 is 2.42 bits per heavy atom. The number of nitrogens with one attached hydrogen (secondary N) is 1. The monoisotopic (exact) mass is 427 g/mol. The van der Waals surface area contributed by atoms with Gasteiger partial charge in [0.05, 0.1) is 11.6 Å². The average molecular weight is 428 g/mol. The Balaban J connectivity index is 1.50. The number of carbonyl (C=O) groups is 1. The zero-order valence-corrected chi connectivity index (χ0v) is 17.9. The summed E-state index contributed by atoms with van der Waals surface area (Å²) in [5, 5.41) is 16.1. The Kier molecular flexibility index (Phi) is 5.45. The lowest BCUT2D eigenvalue weighted by Gasteiger charge is -2.07. The van der Waals surface area contributed by atoms with E-state index in [0.717, 1.165) is 38.5 Å². The second-order valence-corrected chi connectivity index (χ2v) is 7.88. The highest BCUT2D eigenvalue weighted by Gasteiger charge is 2.12. The van der Waals surface area contributed by atoms with Gasteiger partial charge in [0.2, 0.25) is 5.91 Å². The Morgan fingerprint density at radius 2 is 1.61 bits per heavy atom. The number of nitriles is 1. The summed E-state index contributed by atoms with van der Waals surface area (Å²) in [6, 6.07) is 33.9. The van der Waals surface area contributed by atoms with Crippen LogP contribution in [-0.2, 0) is 11.3 Å². The summed E-state index contributed by atoms with van der Waals surface area (Å²) in [4.78, 5) is 12.7. The first-order valence-corrected chi connectivity index (χ1v) is 10.7. The molecule has 33 heavy (non-hydrogen) atoms. The van der Waals surface area contributed by atoms with Crippen molar-refractivity contribution in [1.29, 1.82) is 5.26 Å². The summed E-state index contributed by atoms with van der Waals surface area (Å²) in [6.45, 7) is 0.182. The van der Waals surface area contributed by atoms with Crippen molar-refractivity contribution in [3.8, 4) is 6.07 Å². The van der Waals surface area contributed by atoms with Crippen molar-refractivity contribution in [1.82, 2.24) is 4.57 Å². The average Bonchev–Trinajstić information content (AvgIpc) is 3.19. The summed E-state index contributed by atoms with van der Waals surface area (Å²) in [5.41, 5.74) is 4.07. The van der Waals surface area contributed by atoms with Gasteiger partial charge in [0.1, 0.15) is 6.54 Å². The Labute approximate surface area is 192 Å². The number of carbonyl (C=O) groups excluding carboxylic acids is 1. The van der Waals surface area contributed by atoms with Gasteiger partial charge < -0.3 is 9.88 Å². The first-order chi connectivity index (χ1) is 16.2. The van der Waals surface area contributed by atoms with Crippen LogP contribution in [0, 0.1) is 11.3 Å². The molecule has 0 atom stereocenters. The van der Waals surface area contributed by atoms with Gasteiger partial charge in [0.25, 0.3) is 0 Å². The molecule has 5 aromatic rings. The number of anilines is 1. The largest absolute Gasteiger partial charge is 0.337 e. The zero-order valence-electron chi connectivity index (χ0n) is 17.9. The number of allylic oxidation sites excluding steroid dienone is 1. The maximum Gasteiger partial charge on any atom is 0.244 e. The van der Waals surface area contributed by atoms with Gasteiger partial charge in [-0.25, -0.2) is 0 Å². The van der Waals surface area contributed by atoms with Crippen LogP contribution in [0.3, 0.4) is 0 Å². The minimum Gasteiger partial charge on any atom is -0.337 e. The minimum absolute atomic E-state index is 0.104. The molecule has 4 nitrogen and oxygen atoms in total. The third-order valence-corrected chi connectivity index (χ3v) is 5.67. The van der Waals surface area contributed by atoms with E-state index in [0.29, 0.717) is 5.57 Å². The second kappa shape index (κ2) is 8.86. The molecule has 5 rings (SSSR count). The molecule has 0 aliphatic heterocycles. The lowest BCUT2D eigenvalue weighted by molar-refractivity contribution is -0.116. The zero-order chi connectivity index (χ0) is 22.6. The SMILES string of the molecule is N#C/C(=C/c1cn(CC(=O)Nc2ccccc2)c2ccccc12)c1ccc2ccccc2c1. The van der Waals surface area contributed by atoms with Crippen LogP contribution in [0.5, 0.6) is 0 Å². The van der Waals surface area contributed by atoms with Gasteiger partial charge in [-0.3, -0.25) is 4.79 Å². The number of rotatable bonds is 5. The molecule has 0 spiro atoms. The number of para-hydroxylation sites is 2. The maximum absolute atomic E-state index is 12.7. The fourth-order valence-corrected chi connectivity index (χ4v) is 4.09. The van der Waals surface area contributed by atoms with Crippen molar-refractivity contribution < 1.29 is 4.79 Å². The molecule has 4 heteroatoms. The highest BCUT2D eigenvalue weighted by molar-refractivity contribution is 6.00. The predicted octanol–water partition coefficient (Wildman–Crippen LogP) is 6.50. The van der Waals surface area contributed by atoms with Crippen molar-refractivity contribution >= 4 is 44.9 Å². The topological polar surface area (TPSA) is 57.8 Å². The van der Waals surface area contributed by atoms with Gasteiger partial charge in [0.15, 0.2) is 0 Å². The third kappa shape index (κ3) is 4.26. The molecule has 0 bridgehead atoms. The highest BCUT2D eigenvalue weighted by Crippen LogP contribution is 2.27. The van der Waals surface area contributed by atoms with Crippen LogP contribution >= 0.6 is 0 Å². The number of benzene rings is 4. The van der Waals surface area contributed by atoms with Crippen LogP contribution in [0.15, 0.2) is 103 Å². The van der Waals surface area contributed by atoms with E-state index in [1.807, 2.05) is 108 Å². The van der Waals surface area contributed by atoms with Crippen LogP contribution in [-0.4, -0.2) is 10.5 Å². The summed E-state index contributed by atoms with van der Waals surface area (Å²) in [5.74, 6) is -0.104. The molecular weight excluding hydrogens is 406 g/mol. The number of aromatic nitrogens is 1. The van der Waals surface area contributed by atoms with Crippen molar-refractivity contribution in [2.24, 2.45) is 0 Å². The van der Waals surface area contributed by atoms with E-state index in [-0.39, 0.29) is 12.5 Å². The smallest absolute Gasteiger partial charge is 0.244 e. The van der Waals surface area contributed by atoms with Gasteiger partial charge in [-0.05, 0) is 46.7 Å². The molecule has 0 aliphatic rings. The summed E-state index contributed by atoms with van der Waals surface area (Å²) >= 11 is 0. The van der Waals surface area contributed by atoms with Gasteiger partial charge in [-0.1, -0.05) is 72.8 Å². The van der Waals surface area contributed by atoms with Crippen molar-refractivity contribution in [2.75, 3.05) is 5.32 Å². The first-order valence-electron chi connectivity index (χ1n) is 10.7. The van der Waals surface area contributed by atoms with E-state index in [1.165, 1.54) is 0 Å². The van der Waals surface area contributed by atoms with Crippen molar-refractivity contribution in [3.63, 3.8) is 0 Å². The van der Waals surface area contributed by atoms with Gasteiger partial charge in [-0.15, -0.1) is 0 Å². The molecule has 0 fully saturated rings. The molecule has 0 saturated carbocycles. The van der Waals surface area contributed by atoms with Crippen LogP contribution in [0.4, 0.5) is 5.69 Å². The van der Waals surface area contributed by atoms with E-state index >= 15 is 0 Å². The quantitative estimate of drug-likeness (QED) is 0.326. The molecule has 158 valence electrons. The third-order valence-electron chi connectivity index (χ3n) is 5.67. The van der Waals surface area contributed by atoms with Gasteiger partial charge >= 0.3 is 0 Å². The van der Waals surface area contributed by atoms with E-state index in [4.69, 9.17) is 0 Å². The molecule has 0 aliphatic carbocycles. The normalized spacial score (nSPS) is 11.4. The summed E-state index contributed by atoms with van der Waals surface area (Å²) in [7, 11) is 0. The number of hydrogen-bond donors (Lipinski definition) is 1. The number of nitrogens with zero attached hydrogens (tertiary/aromatic N) is 2. The molecule has 1 heterocycles. The van der Waals surface area contributed by atoms with Crippen LogP contribution in [0.1, 0.15) is 11.1 Å². The standard InChI is InChI=1S/C29H21N3O/c30-18-24(23-15-14-21-8-4-5-9-22(21)16-23)17-25-19-32(28-13-7-6-12-27(25)28)20-29(33)31-26-10-2-1-3-11-26/h1-17,19H,20H2,(H,31,33)/b24-17-. The molecule has 1 amide bonds. The molecule has 1 N–H and O–H groups in total. The Morgan fingerprint density at radius 1 is 0.879 bits per heavy atom. The fraction of sp³-hybridized carbons (Fsp3) is 0.0345. The lowest BCUT2D eigenvalue weighted by Crippen LogP contribution is -2.18. The molecule has 0 radical (unpaired) electrons. The Bertz CT molecular complexity index is 1540. The molecule has 4 aromatic carbocycles. The lowest BCUT2D eigenvalue weighted by atomic mass is 10.00. The second-order valence-electron chi connectivity index (χ2n) is 7.88. The van der Waals surface area contributed by atoms with Gasteiger partial charge in [-0.2, -0.15) is 5.26 Å². The molecular formula is C29H21N3O. The molecule has 1 aromatic heterocycles. The highest BCUT2D eigenvalue weighted by atomic mass is 16.1. The molecule has 0 saturated heterocycles. The summed E-state index contributed by atoms with van der Waals surface area (Å²) in [6.07, 6.45) is 3.84. The Hall–Kier alpha value is -4.62. The predicted molar refractivity (Wildman–Crippen MR) is 134 cm³/mol. The number of hydrogen-bond acceptors (Lipinski definition) is 2. The van der Waals surface area contributed by atoms with Crippen LogP contribution < -0.4 is 5.32 Å². The maximum atomic E-state index is 12.7. The van der Waals surface area contributed by atoms with Gasteiger partial charge in [0, 0.05) is 28.4 Å².